The van der Waals surface area contributed by atoms with Crippen LogP contribution in [0.2, 0.25) is 0 Å². The van der Waals surface area contributed by atoms with Crippen LogP contribution in [-0.2, 0) is 4.79 Å². The molecule has 7 heteroatoms. The maximum Gasteiger partial charge on any atom is 0.343 e. The highest BCUT2D eigenvalue weighted by Crippen LogP contribution is 2.60. The average molecular weight is 312 g/mol. The second-order valence-corrected chi connectivity index (χ2v) is 6.44. The van der Waals surface area contributed by atoms with Gasteiger partial charge in [-0.2, -0.15) is 0 Å². The van der Waals surface area contributed by atoms with Crippen molar-refractivity contribution in [3.63, 3.8) is 0 Å². The number of ether oxygens (including phenoxy) is 1. The lowest BCUT2D eigenvalue weighted by Gasteiger charge is -2.56. The Balaban J connectivity index is 1.68. The molecule has 5 rings (SSSR count). The fraction of sp³-hybridized carbons (Fsp3) is 0.312. The third kappa shape index (κ3) is 1.33. The molecule has 2 N–H and O–H groups in total. The van der Waals surface area contributed by atoms with Gasteiger partial charge in [0.15, 0.2) is 0 Å². The van der Waals surface area contributed by atoms with Crippen LogP contribution in [0.5, 0.6) is 5.75 Å². The zero-order valence-corrected chi connectivity index (χ0v) is 12.1. The number of amides is 3. The second-order valence-electron chi connectivity index (χ2n) is 6.44. The van der Waals surface area contributed by atoms with E-state index in [1.54, 1.807) is 19.1 Å². The van der Waals surface area contributed by atoms with Crippen molar-refractivity contribution >= 4 is 22.7 Å². The lowest BCUT2D eigenvalue weighted by Crippen LogP contribution is -2.77. The Hall–Kier alpha value is -2.83. The van der Waals surface area contributed by atoms with Crippen LogP contribution in [0.4, 0.5) is 4.79 Å². The molecule has 1 aromatic heterocycles. The molecular weight excluding hydrogens is 300 g/mol. The lowest BCUT2D eigenvalue weighted by molar-refractivity contribution is -0.153. The molecule has 2 aromatic rings. The predicted octanol–water partition coefficient (Wildman–Crippen LogP) is 0.865. The minimum absolute atomic E-state index is 0.0957. The average Bonchev–Trinajstić information content (AvgIpc) is 2.85. The van der Waals surface area contributed by atoms with Gasteiger partial charge in [0.25, 0.3) is 0 Å². The van der Waals surface area contributed by atoms with Crippen LogP contribution >= 0.6 is 0 Å². The van der Waals surface area contributed by atoms with Crippen molar-refractivity contribution in [3.05, 3.63) is 40.4 Å². The Labute approximate surface area is 129 Å². The number of imide groups is 1. The monoisotopic (exact) mass is 312 g/mol. The van der Waals surface area contributed by atoms with E-state index < -0.39 is 17.1 Å². The molecule has 23 heavy (non-hydrogen) atoms. The van der Waals surface area contributed by atoms with Crippen LogP contribution in [0.15, 0.2) is 33.7 Å². The summed E-state index contributed by atoms with van der Waals surface area (Å²) in [5.41, 5.74) is -0.331. The second kappa shape index (κ2) is 3.73. The van der Waals surface area contributed by atoms with E-state index in [2.05, 4.69) is 10.6 Å². The summed E-state index contributed by atoms with van der Waals surface area (Å²) in [7, 11) is 0. The van der Waals surface area contributed by atoms with Crippen molar-refractivity contribution in [1.29, 1.82) is 0 Å². The standard InChI is InChI=1S/C16H12N2O5/c1-16-11(17-15(21)18-14(16)20)10-8-4-6-2-3-22-13(19)7(6)5-9(8)23-12(10)16/h2-5,10-12H,1H3,(H2,17,18,20,21). The number of carbonyl (C=O) groups is 2. The van der Waals surface area contributed by atoms with Crippen LogP contribution < -0.4 is 21.0 Å². The topological polar surface area (TPSA) is 97.6 Å². The highest BCUT2D eigenvalue weighted by atomic mass is 16.5. The van der Waals surface area contributed by atoms with Crippen LogP contribution in [0.3, 0.4) is 0 Å². The summed E-state index contributed by atoms with van der Waals surface area (Å²) in [6.45, 7) is 1.79. The molecule has 1 aromatic carbocycles. The molecule has 1 aliphatic carbocycles. The first-order valence-electron chi connectivity index (χ1n) is 7.34. The molecule has 1 saturated carbocycles. The van der Waals surface area contributed by atoms with Crippen LogP contribution in [0.25, 0.3) is 10.8 Å². The van der Waals surface area contributed by atoms with Gasteiger partial charge in [-0.25, -0.2) is 9.59 Å². The molecule has 0 bridgehead atoms. The fourth-order valence-corrected chi connectivity index (χ4v) is 4.10. The van der Waals surface area contributed by atoms with Crippen molar-refractivity contribution < 1.29 is 18.7 Å². The molecule has 4 atom stereocenters. The Bertz CT molecular complexity index is 965. The molecule has 2 aliphatic heterocycles. The largest absolute Gasteiger partial charge is 0.488 e. The zero-order valence-electron chi connectivity index (χ0n) is 12.1. The Kier molecular flexibility index (Phi) is 2.06. The summed E-state index contributed by atoms with van der Waals surface area (Å²) >= 11 is 0. The number of fused-ring (bicyclic) bond motifs is 7. The maximum atomic E-state index is 12.3. The van der Waals surface area contributed by atoms with Crippen molar-refractivity contribution in [2.45, 2.75) is 25.0 Å². The summed E-state index contributed by atoms with van der Waals surface area (Å²) in [4.78, 5) is 35.7. The van der Waals surface area contributed by atoms with Gasteiger partial charge < -0.3 is 14.5 Å². The molecule has 3 amide bonds. The van der Waals surface area contributed by atoms with Crippen LogP contribution in [0, 0.1) is 5.41 Å². The number of nitrogens with one attached hydrogen (secondary N) is 2. The zero-order chi connectivity index (χ0) is 15.9. The van der Waals surface area contributed by atoms with E-state index in [4.69, 9.17) is 9.15 Å². The quantitative estimate of drug-likeness (QED) is 0.752. The summed E-state index contributed by atoms with van der Waals surface area (Å²) in [6, 6.07) is 4.46. The van der Waals surface area contributed by atoms with Crippen LogP contribution in [-0.4, -0.2) is 24.1 Å². The van der Waals surface area contributed by atoms with E-state index in [0.29, 0.717) is 11.1 Å². The molecule has 116 valence electrons. The van der Waals surface area contributed by atoms with E-state index in [1.807, 2.05) is 6.07 Å². The van der Waals surface area contributed by atoms with E-state index in [1.165, 1.54) is 6.26 Å². The van der Waals surface area contributed by atoms with Gasteiger partial charge in [-0.05, 0) is 30.5 Å². The molecule has 2 fully saturated rings. The minimum Gasteiger partial charge on any atom is -0.488 e. The number of benzene rings is 1. The van der Waals surface area contributed by atoms with Crippen molar-refractivity contribution in [2.24, 2.45) is 5.41 Å². The summed E-state index contributed by atoms with van der Waals surface area (Å²) < 4.78 is 10.8. The van der Waals surface area contributed by atoms with Gasteiger partial charge in [-0.3, -0.25) is 10.1 Å². The van der Waals surface area contributed by atoms with Crippen molar-refractivity contribution in [2.75, 3.05) is 0 Å². The van der Waals surface area contributed by atoms with Gasteiger partial charge in [-0.15, -0.1) is 0 Å². The first kappa shape index (κ1) is 12.7. The number of urea groups is 1. The first-order valence-corrected chi connectivity index (χ1v) is 7.34. The number of rotatable bonds is 0. The lowest BCUT2D eigenvalue weighted by atomic mass is 9.54. The molecule has 7 nitrogen and oxygen atoms in total. The van der Waals surface area contributed by atoms with E-state index in [9.17, 15) is 14.4 Å². The molecule has 1 saturated heterocycles. The maximum absolute atomic E-state index is 12.3. The fourth-order valence-electron chi connectivity index (χ4n) is 4.10. The van der Waals surface area contributed by atoms with Crippen molar-refractivity contribution in [3.8, 4) is 5.75 Å². The Morgan fingerprint density at radius 2 is 2.04 bits per heavy atom. The van der Waals surface area contributed by atoms with Gasteiger partial charge in [0.1, 0.15) is 17.3 Å². The SMILES string of the molecule is CC12C(=O)NC(=O)NC1C1c3cc4ccoc(=O)c4cc3OC12. The van der Waals surface area contributed by atoms with Gasteiger partial charge >= 0.3 is 11.7 Å². The van der Waals surface area contributed by atoms with Gasteiger partial charge in [0.05, 0.1) is 17.7 Å². The van der Waals surface area contributed by atoms with E-state index >= 15 is 0 Å². The molecule has 3 aliphatic rings. The minimum atomic E-state index is -0.811. The molecular formula is C16H12N2O5. The van der Waals surface area contributed by atoms with E-state index in [0.717, 1.165) is 10.9 Å². The normalized spacial score (nSPS) is 33.7. The summed E-state index contributed by atoms with van der Waals surface area (Å²) in [5.74, 6) is 0.148. The van der Waals surface area contributed by atoms with Gasteiger partial charge in [0.2, 0.25) is 5.91 Å². The molecule has 3 heterocycles. The van der Waals surface area contributed by atoms with Gasteiger partial charge in [0, 0.05) is 11.5 Å². The predicted molar refractivity (Wildman–Crippen MR) is 78.2 cm³/mol. The summed E-state index contributed by atoms with van der Waals surface area (Å²) in [5, 5.41) is 6.32. The smallest absolute Gasteiger partial charge is 0.343 e. The third-order valence-corrected chi connectivity index (χ3v) is 5.36. The highest BCUT2D eigenvalue weighted by molar-refractivity contribution is 6.02. The number of hydrogen-bond donors (Lipinski definition) is 2. The molecule has 0 spiro atoms. The van der Waals surface area contributed by atoms with Crippen molar-refractivity contribution in [1.82, 2.24) is 10.6 Å². The Morgan fingerprint density at radius 1 is 1.22 bits per heavy atom. The summed E-state index contributed by atoms with van der Waals surface area (Å²) in [6.07, 6.45) is 0.998. The highest BCUT2D eigenvalue weighted by Gasteiger charge is 2.70. The van der Waals surface area contributed by atoms with Crippen LogP contribution in [0.1, 0.15) is 18.4 Å². The molecule has 4 unspecified atom stereocenters. The van der Waals surface area contributed by atoms with E-state index in [-0.39, 0.29) is 24.0 Å². The number of hydrogen-bond acceptors (Lipinski definition) is 5. The first-order chi connectivity index (χ1) is 11.0. The molecule has 0 radical (unpaired) electrons. The number of carbonyl (C=O) groups excluding carboxylic acids is 2. The van der Waals surface area contributed by atoms with Gasteiger partial charge in [-0.1, -0.05) is 0 Å². The third-order valence-electron chi connectivity index (χ3n) is 5.36. The Morgan fingerprint density at radius 3 is 2.87 bits per heavy atom.